The summed E-state index contributed by atoms with van der Waals surface area (Å²) in [7, 11) is 1.72. The van der Waals surface area contributed by atoms with Crippen molar-refractivity contribution in [1.29, 1.82) is 0 Å². The van der Waals surface area contributed by atoms with E-state index in [1.165, 1.54) is 12.0 Å². The van der Waals surface area contributed by atoms with Crippen LogP contribution >= 0.6 is 0 Å². The monoisotopic (exact) mass is 282 g/mol. The minimum absolute atomic E-state index is 0.471. The van der Waals surface area contributed by atoms with Gasteiger partial charge in [-0.25, -0.2) is 0 Å². The average molecular weight is 282 g/mol. The van der Waals surface area contributed by atoms with Gasteiger partial charge in [0.15, 0.2) is 0 Å². The third-order valence-electron chi connectivity index (χ3n) is 3.36. The molecule has 0 aliphatic heterocycles. The Morgan fingerprint density at radius 3 is 2.80 bits per heavy atom. The summed E-state index contributed by atoms with van der Waals surface area (Å²) in [6, 6.07) is 2.68. The molecular weight excluding hydrogens is 252 g/mol. The molecule has 0 saturated carbocycles. The fraction of sp³-hybridized carbons (Fsp3) is 0.750. The summed E-state index contributed by atoms with van der Waals surface area (Å²) in [5.74, 6) is 0. The number of ether oxygens (including phenoxy) is 2. The van der Waals surface area contributed by atoms with Crippen molar-refractivity contribution in [3.05, 3.63) is 24.0 Å². The molecule has 4 heteroatoms. The van der Waals surface area contributed by atoms with E-state index >= 15 is 0 Å². The van der Waals surface area contributed by atoms with Gasteiger partial charge in [-0.1, -0.05) is 13.8 Å². The van der Waals surface area contributed by atoms with Crippen molar-refractivity contribution in [2.24, 2.45) is 0 Å². The molecule has 0 fully saturated rings. The molecule has 0 amide bonds. The molecule has 116 valence electrons. The predicted octanol–water partition coefficient (Wildman–Crippen LogP) is 2.99. The molecule has 1 atom stereocenters. The second-order valence-corrected chi connectivity index (χ2v) is 5.06. The van der Waals surface area contributed by atoms with Crippen molar-refractivity contribution >= 4 is 0 Å². The van der Waals surface area contributed by atoms with Gasteiger partial charge in [0.2, 0.25) is 0 Å². The van der Waals surface area contributed by atoms with E-state index in [0.29, 0.717) is 6.04 Å². The lowest BCUT2D eigenvalue weighted by atomic mass is 10.1. The van der Waals surface area contributed by atoms with Gasteiger partial charge in [0.25, 0.3) is 0 Å². The number of nitrogens with zero attached hydrogens (tertiary/aromatic N) is 1. The fourth-order valence-corrected chi connectivity index (χ4v) is 2.20. The summed E-state index contributed by atoms with van der Waals surface area (Å²) in [6.07, 6.45) is 7.63. The summed E-state index contributed by atoms with van der Waals surface area (Å²) in [5.41, 5.74) is 1.38. The first-order valence-corrected chi connectivity index (χ1v) is 7.77. The molecule has 0 spiro atoms. The van der Waals surface area contributed by atoms with Gasteiger partial charge in [0.1, 0.15) is 0 Å². The van der Waals surface area contributed by atoms with E-state index in [2.05, 4.69) is 42.2 Å². The molecule has 1 rings (SSSR count). The Bertz CT molecular complexity index is 339. The second-order valence-electron chi connectivity index (χ2n) is 5.06. The third-order valence-corrected chi connectivity index (χ3v) is 3.36. The van der Waals surface area contributed by atoms with Gasteiger partial charge in [-0.3, -0.25) is 0 Å². The molecule has 4 nitrogen and oxygen atoms in total. The molecule has 1 aromatic heterocycles. The van der Waals surface area contributed by atoms with Crippen molar-refractivity contribution in [3.8, 4) is 0 Å². The van der Waals surface area contributed by atoms with Gasteiger partial charge >= 0.3 is 0 Å². The van der Waals surface area contributed by atoms with Gasteiger partial charge in [-0.15, -0.1) is 0 Å². The zero-order valence-corrected chi connectivity index (χ0v) is 13.2. The van der Waals surface area contributed by atoms with Crippen LogP contribution in [-0.4, -0.2) is 38.0 Å². The van der Waals surface area contributed by atoms with Crippen LogP contribution in [0.3, 0.4) is 0 Å². The van der Waals surface area contributed by atoms with Crippen molar-refractivity contribution in [2.75, 3.05) is 33.5 Å². The van der Waals surface area contributed by atoms with Crippen LogP contribution in [0.25, 0.3) is 0 Å². The van der Waals surface area contributed by atoms with Crippen LogP contribution in [0.5, 0.6) is 0 Å². The van der Waals surface area contributed by atoms with Gasteiger partial charge in [-0.2, -0.15) is 0 Å². The molecule has 0 aromatic carbocycles. The standard InChI is InChI=1S/C16H30N2O2/c1-4-8-17-16(5-2)15-7-9-18(14-15)10-13-20-12-6-11-19-3/h7,9,14,16-17H,4-6,8,10-13H2,1-3H3. The molecule has 1 aromatic rings. The Morgan fingerprint density at radius 2 is 2.10 bits per heavy atom. The zero-order chi connectivity index (χ0) is 14.6. The minimum atomic E-state index is 0.471. The first kappa shape index (κ1) is 17.2. The number of rotatable bonds is 12. The molecule has 0 aliphatic carbocycles. The number of hydrogen-bond donors (Lipinski definition) is 1. The maximum atomic E-state index is 5.58. The van der Waals surface area contributed by atoms with E-state index in [0.717, 1.165) is 45.8 Å². The van der Waals surface area contributed by atoms with Crippen molar-refractivity contribution in [1.82, 2.24) is 9.88 Å². The first-order valence-electron chi connectivity index (χ1n) is 7.77. The van der Waals surface area contributed by atoms with Crippen LogP contribution in [0.4, 0.5) is 0 Å². The highest BCUT2D eigenvalue weighted by molar-refractivity contribution is 5.15. The smallest absolute Gasteiger partial charge is 0.0645 e. The van der Waals surface area contributed by atoms with Gasteiger partial charge in [0.05, 0.1) is 6.61 Å². The number of hydrogen-bond acceptors (Lipinski definition) is 3. The lowest BCUT2D eigenvalue weighted by molar-refractivity contribution is 0.0977. The Labute approximate surface area is 123 Å². The molecular formula is C16H30N2O2. The highest BCUT2D eigenvalue weighted by Crippen LogP contribution is 2.16. The Balaban J connectivity index is 2.27. The van der Waals surface area contributed by atoms with Crippen LogP contribution < -0.4 is 5.32 Å². The quantitative estimate of drug-likeness (QED) is 0.599. The highest BCUT2D eigenvalue weighted by Gasteiger charge is 2.09. The van der Waals surface area contributed by atoms with Crippen LogP contribution in [0.15, 0.2) is 18.5 Å². The summed E-state index contributed by atoms with van der Waals surface area (Å²) in [4.78, 5) is 0. The summed E-state index contributed by atoms with van der Waals surface area (Å²) < 4.78 is 12.8. The lowest BCUT2D eigenvalue weighted by Gasteiger charge is -2.15. The fourth-order valence-electron chi connectivity index (χ4n) is 2.20. The van der Waals surface area contributed by atoms with E-state index < -0.39 is 0 Å². The van der Waals surface area contributed by atoms with Crippen LogP contribution in [-0.2, 0) is 16.0 Å². The topological polar surface area (TPSA) is 35.4 Å². The van der Waals surface area contributed by atoms with Crippen molar-refractivity contribution in [2.45, 2.75) is 45.7 Å². The Hall–Kier alpha value is -0.840. The van der Waals surface area contributed by atoms with E-state index in [1.807, 2.05) is 0 Å². The second kappa shape index (κ2) is 10.9. The lowest BCUT2D eigenvalue weighted by Crippen LogP contribution is -2.21. The average Bonchev–Trinajstić information content (AvgIpc) is 2.92. The zero-order valence-electron chi connectivity index (χ0n) is 13.2. The Kier molecular flexibility index (Phi) is 9.37. The van der Waals surface area contributed by atoms with Crippen molar-refractivity contribution in [3.63, 3.8) is 0 Å². The highest BCUT2D eigenvalue weighted by atomic mass is 16.5. The van der Waals surface area contributed by atoms with Gasteiger partial charge in [-0.05, 0) is 37.4 Å². The maximum absolute atomic E-state index is 5.58. The largest absolute Gasteiger partial charge is 0.385 e. The third kappa shape index (κ3) is 6.55. The van der Waals surface area contributed by atoms with E-state index in [-0.39, 0.29) is 0 Å². The minimum Gasteiger partial charge on any atom is -0.385 e. The van der Waals surface area contributed by atoms with Crippen LogP contribution in [0.1, 0.15) is 44.7 Å². The molecule has 1 heterocycles. The number of nitrogens with one attached hydrogen (secondary N) is 1. The molecule has 1 N–H and O–H groups in total. The molecule has 0 saturated heterocycles. The first-order chi connectivity index (χ1) is 9.81. The molecule has 0 radical (unpaired) electrons. The van der Waals surface area contributed by atoms with Crippen LogP contribution in [0.2, 0.25) is 0 Å². The predicted molar refractivity (Wildman–Crippen MR) is 83.1 cm³/mol. The van der Waals surface area contributed by atoms with E-state index in [1.54, 1.807) is 7.11 Å². The molecule has 1 unspecified atom stereocenters. The molecule has 20 heavy (non-hydrogen) atoms. The number of aromatic nitrogens is 1. The normalized spacial score (nSPS) is 12.8. The summed E-state index contributed by atoms with van der Waals surface area (Å²) in [6.45, 7) is 8.72. The molecule has 0 aliphatic rings. The van der Waals surface area contributed by atoms with Crippen molar-refractivity contribution < 1.29 is 9.47 Å². The molecule has 0 bridgehead atoms. The number of methoxy groups -OCH3 is 1. The van der Waals surface area contributed by atoms with Gasteiger partial charge < -0.3 is 19.4 Å². The Morgan fingerprint density at radius 1 is 1.25 bits per heavy atom. The SMILES string of the molecule is CCCNC(CC)c1ccn(CCOCCCOC)c1. The summed E-state index contributed by atoms with van der Waals surface area (Å²) >= 11 is 0. The van der Waals surface area contributed by atoms with Gasteiger partial charge in [0, 0.05) is 45.3 Å². The maximum Gasteiger partial charge on any atom is 0.0645 e. The summed E-state index contributed by atoms with van der Waals surface area (Å²) in [5, 5.41) is 3.58. The van der Waals surface area contributed by atoms with E-state index in [4.69, 9.17) is 9.47 Å². The van der Waals surface area contributed by atoms with E-state index in [9.17, 15) is 0 Å². The van der Waals surface area contributed by atoms with Crippen LogP contribution in [0, 0.1) is 0 Å².